The monoisotopic (exact) mass is 398 g/mol. The summed E-state index contributed by atoms with van der Waals surface area (Å²) in [5, 5.41) is 0. The summed E-state index contributed by atoms with van der Waals surface area (Å²) in [4.78, 5) is 1.95. The van der Waals surface area contributed by atoms with Gasteiger partial charge in [0.2, 0.25) is 0 Å². The van der Waals surface area contributed by atoms with Crippen molar-refractivity contribution < 1.29 is 21.6 Å². The summed E-state index contributed by atoms with van der Waals surface area (Å²) in [5.41, 5.74) is 0.288. The maximum Gasteiger partial charge on any atom is 0.416 e. The predicted molar refractivity (Wildman–Crippen MR) is 99.5 cm³/mol. The summed E-state index contributed by atoms with van der Waals surface area (Å²) in [6.07, 6.45) is -1.65. The SMILES string of the molecule is Cc1cccc(S(=O)(=O)Nc2cc(C(F)(F)F)ccc2N2CCCCC2)c1. The van der Waals surface area contributed by atoms with Crippen molar-refractivity contribution in [2.75, 3.05) is 22.7 Å². The first kappa shape index (κ1) is 19.5. The van der Waals surface area contributed by atoms with Crippen LogP contribution in [0.25, 0.3) is 0 Å². The van der Waals surface area contributed by atoms with Gasteiger partial charge in [0.05, 0.1) is 21.8 Å². The number of alkyl halides is 3. The lowest BCUT2D eigenvalue weighted by Gasteiger charge is -2.31. The number of aryl methyl sites for hydroxylation is 1. The van der Waals surface area contributed by atoms with E-state index in [1.165, 1.54) is 18.2 Å². The highest BCUT2D eigenvalue weighted by Gasteiger charge is 2.32. The van der Waals surface area contributed by atoms with Crippen molar-refractivity contribution in [2.45, 2.75) is 37.3 Å². The highest BCUT2D eigenvalue weighted by Crippen LogP contribution is 2.37. The molecule has 0 atom stereocenters. The molecule has 0 unspecified atom stereocenters. The Bertz CT molecular complexity index is 921. The molecule has 27 heavy (non-hydrogen) atoms. The number of anilines is 2. The second kappa shape index (κ2) is 7.42. The fourth-order valence-electron chi connectivity index (χ4n) is 3.19. The maximum atomic E-state index is 13.2. The maximum absolute atomic E-state index is 13.2. The molecule has 0 spiro atoms. The van der Waals surface area contributed by atoms with E-state index in [4.69, 9.17) is 0 Å². The average molecular weight is 398 g/mol. The standard InChI is InChI=1S/C19H21F3N2O2S/c1-14-6-5-7-16(12-14)27(25,26)23-17-13-15(19(20,21)22)8-9-18(17)24-10-3-2-4-11-24/h5-9,12-13,23H,2-4,10-11H2,1H3. The molecule has 1 aliphatic rings. The van der Waals surface area contributed by atoms with Gasteiger partial charge in [-0.25, -0.2) is 8.42 Å². The van der Waals surface area contributed by atoms with E-state index in [1.54, 1.807) is 19.1 Å². The van der Waals surface area contributed by atoms with Crippen LogP contribution in [0.1, 0.15) is 30.4 Å². The first-order chi connectivity index (χ1) is 12.7. The van der Waals surface area contributed by atoms with Crippen molar-refractivity contribution in [3.63, 3.8) is 0 Å². The number of piperidine rings is 1. The van der Waals surface area contributed by atoms with Crippen molar-refractivity contribution in [1.29, 1.82) is 0 Å². The Kier molecular flexibility index (Phi) is 5.37. The Morgan fingerprint density at radius 3 is 2.33 bits per heavy atom. The van der Waals surface area contributed by atoms with E-state index in [-0.39, 0.29) is 10.6 Å². The van der Waals surface area contributed by atoms with Gasteiger partial charge in [0.15, 0.2) is 0 Å². The lowest BCUT2D eigenvalue weighted by Crippen LogP contribution is -2.30. The van der Waals surface area contributed by atoms with Crippen LogP contribution in [0.4, 0.5) is 24.5 Å². The van der Waals surface area contributed by atoms with Gasteiger partial charge in [0, 0.05) is 13.1 Å². The Hall–Kier alpha value is -2.22. The minimum Gasteiger partial charge on any atom is -0.370 e. The third kappa shape index (κ3) is 4.55. The molecule has 3 rings (SSSR count). The van der Waals surface area contributed by atoms with E-state index in [9.17, 15) is 21.6 Å². The Balaban J connectivity index is 2.03. The van der Waals surface area contributed by atoms with Gasteiger partial charge in [-0.2, -0.15) is 13.2 Å². The minimum absolute atomic E-state index is 0.0181. The molecule has 0 aliphatic carbocycles. The van der Waals surface area contributed by atoms with Crippen molar-refractivity contribution in [3.05, 3.63) is 53.6 Å². The normalized spacial score (nSPS) is 15.6. The molecule has 0 aromatic heterocycles. The van der Waals surface area contributed by atoms with Gasteiger partial charge in [0.25, 0.3) is 10.0 Å². The van der Waals surface area contributed by atoms with Gasteiger partial charge >= 0.3 is 6.18 Å². The number of nitrogens with one attached hydrogen (secondary N) is 1. The first-order valence-electron chi connectivity index (χ1n) is 8.72. The van der Waals surface area contributed by atoms with Crippen molar-refractivity contribution in [2.24, 2.45) is 0 Å². The van der Waals surface area contributed by atoms with Crippen LogP contribution in [-0.4, -0.2) is 21.5 Å². The summed E-state index contributed by atoms with van der Waals surface area (Å²) in [6.45, 7) is 3.12. The number of nitrogens with zero attached hydrogens (tertiary/aromatic N) is 1. The molecule has 146 valence electrons. The molecule has 8 heteroatoms. The molecule has 1 saturated heterocycles. The summed E-state index contributed by atoms with van der Waals surface area (Å²) < 4.78 is 67.3. The number of hydrogen-bond acceptors (Lipinski definition) is 3. The lowest BCUT2D eigenvalue weighted by atomic mass is 10.1. The van der Waals surface area contributed by atoms with Gasteiger partial charge in [-0.3, -0.25) is 4.72 Å². The second-order valence-electron chi connectivity index (χ2n) is 6.70. The Labute approximate surface area is 157 Å². The summed E-state index contributed by atoms with van der Waals surface area (Å²) in [7, 11) is -4.00. The van der Waals surface area contributed by atoms with Crippen molar-refractivity contribution in [3.8, 4) is 0 Å². The van der Waals surface area contributed by atoms with E-state index in [2.05, 4.69) is 4.72 Å². The lowest BCUT2D eigenvalue weighted by molar-refractivity contribution is -0.137. The number of hydrogen-bond donors (Lipinski definition) is 1. The quantitative estimate of drug-likeness (QED) is 0.805. The van der Waals surface area contributed by atoms with Gasteiger partial charge in [0.1, 0.15) is 0 Å². The van der Waals surface area contributed by atoms with E-state index in [1.807, 2.05) is 4.90 Å². The average Bonchev–Trinajstić information content (AvgIpc) is 2.61. The molecule has 0 saturated carbocycles. The molecule has 0 bridgehead atoms. The molecule has 0 amide bonds. The number of rotatable bonds is 4. The molecular formula is C19H21F3N2O2S. The summed E-state index contributed by atoms with van der Waals surface area (Å²) in [5.74, 6) is 0. The molecule has 2 aromatic rings. The van der Waals surface area contributed by atoms with E-state index < -0.39 is 21.8 Å². The molecule has 1 fully saturated rings. The fourth-order valence-corrected chi connectivity index (χ4v) is 4.36. The largest absolute Gasteiger partial charge is 0.416 e. The predicted octanol–water partition coefficient (Wildman–Crippen LogP) is 4.80. The van der Waals surface area contributed by atoms with Crippen molar-refractivity contribution in [1.82, 2.24) is 0 Å². The van der Waals surface area contributed by atoms with Gasteiger partial charge in [-0.15, -0.1) is 0 Å². The van der Waals surface area contributed by atoms with E-state index in [0.29, 0.717) is 18.8 Å². The van der Waals surface area contributed by atoms with Gasteiger partial charge in [-0.1, -0.05) is 12.1 Å². The molecule has 0 radical (unpaired) electrons. The topological polar surface area (TPSA) is 49.4 Å². The molecule has 4 nitrogen and oxygen atoms in total. The third-order valence-corrected chi connectivity index (χ3v) is 5.93. The van der Waals surface area contributed by atoms with E-state index >= 15 is 0 Å². The minimum atomic E-state index is -4.55. The summed E-state index contributed by atoms with van der Waals surface area (Å²) >= 11 is 0. The second-order valence-corrected chi connectivity index (χ2v) is 8.38. The molecule has 1 N–H and O–H groups in total. The zero-order valence-corrected chi connectivity index (χ0v) is 15.7. The van der Waals surface area contributed by atoms with Crippen LogP contribution >= 0.6 is 0 Å². The van der Waals surface area contributed by atoms with Crippen LogP contribution in [-0.2, 0) is 16.2 Å². The van der Waals surface area contributed by atoms with Crippen LogP contribution < -0.4 is 9.62 Å². The van der Waals surface area contributed by atoms with E-state index in [0.717, 1.165) is 37.0 Å². The highest BCUT2D eigenvalue weighted by atomic mass is 32.2. The highest BCUT2D eigenvalue weighted by molar-refractivity contribution is 7.92. The fraction of sp³-hybridized carbons (Fsp3) is 0.368. The zero-order valence-electron chi connectivity index (χ0n) is 14.9. The van der Waals surface area contributed by atoms with Crippen LogP contribution in [0, 0.1) is 6.92 Å². The number of halogens is 3. The van der Waals surface area contributed by atoms with Gasteiger partial charge in [-0.05, 0) is 62.1 Å². The number of sulfonamides is 1. The zero-order chi connectivity index (χ0) is 19.7. The van der Waals surface area contributed by atoms with Crippen LogP contribution in [0.2, 0.25) is 0 Å². The number of benzene rings is 2. The molecular weight excluding hydrogens is 377 g/mol. The van der Waals surface area contributed by atoms with Crippen LogP contribution in [0.15, 0.2) is 47.4 Å². The molecule has 1 aliphatic heterocycles. The molecule has 1 heterocycles. The van der Waals surface area contributed by atoms with Gasteiger partial charge < -0.3 is 4.90 Å². The van der Waals surface area contributed by atoms with Crippen LogP contribution in [0.3, 0.4) is 0 Å². The third-order valence-electron chi connectivity index (χ3n) is 4.56. The smallest absolute Gasteiger partial charge is 0.370 e. The molecule has 2 aromatic carbocycles. The van der Waals surface area contributed by atoms with Crippen molar-refractivity contribution >= 4 is 21.4 Å². The Morgan fingerprint density at radius 2 is 1.70 bits per heavy atom. The first-order valence-corrected chi connectivity index (χ1v) is 10.2. The Morgan fingerprint density at radius 1 is 1.00 bits per heavy atom. The summed E-state index contributed by atoms with van der Waals surface area (Å²) in [6, 6.07) is 9.47. The van der Waals surface area contributed by atoms with Crippen LogP contribution in [0.5, 0.6) is 0 Å².